The molecule has 146 valence electrons. The van der Waals surface area contributed by atoms with Gasteiger partial charge in [-0.1, -0.05) is 18.2 Å². The lowest BCUT2D eigenvalue weighted by Gasteiger charge is -2.11. The van der Waals surface area contributed by atoms with E-state index in [4.69, 9.17) is 9.15 Å². The van der Waals surface area contributed by atoms with Gasteiger partial charge in [-0.05, 0) is 43.0 Å². The van der Waals surface area contributed by atoms with Crippen LogP contribution in [0.2, 0.25) is 0 Å². The average molecular weight is 482 g/mol. The van der Waals surface area contributed by atoms with Crippen molar-refractivity contribution < 1.29 is 9.15 Å². The molecule has 0 aliphatic carbocycles. The Morgan fingerprint density at radius 2 is 2.07 bits per heavy atom. The van der Waals surface area contributed by atoms with E-state index in [-0.39, 0.29) is 24.0 Å². The predicted molar refractivity (Wildman–Crippen MR) is 120 cm³/mol. The third-order valence-electron chi connectivity index (χ3n) is 3.92. The van der Waals surface area contributed by atoms with Crippen molar-refractivity contribution in [1.82, 2.24) is 15.6 Å². The van der Waals surface area contributed by atoms with E-state index in [2.05, 4.69) is 45.7 Å². The standard InChI is InChI=1S/C20H26N4O2.HI/c1-2-21-20(22-10-6-11-25-15-18-8-5-12-26-18)23-14-17-13-16-7-3-4-9-19(16)24-17;/h3-5,7-9,12-13,24H,2,6,10-11,14-15H2,1H3,(H2,21,22,23);1H. The number of hydrogen-bond donors (Lipinski definition) is 3. The Balaban J connectivity index is 0.00000261. The Morgan fingerprint density at radius 1 is 1.19 bits per heavy atom. The summed E-state index contributed by atoms with van der Waals surface area (Å²) in [6.07, 6.45) is 2.56. The molecule has 0 atom stereocenters. The molecular formula is C20H27IN4O2. The summed E-state index contributed by atoms with van der Waals surface area (Å²) in [6.45, 7) is 5.49. The minimum atomic E-state index is 0. The van der Waals surface area contributed by atoms with E-state index < -0.39 is 0 Å². The molecule has 0 bridgehead atoms. The number of aromatic amines is 1. The first-order valence-electron chi connectivity index (χ1n) is 9.04. The summed E-state index contributed by atoms with van der Waals surface area (Å²) in [5.41, 5.74) is 2.24. The van der Waals surface area contributed by atoms with Gasteiger partial charge in [0.1, 0.15) is 12.4 Å². The zero-order valence-electron chi connectivity index (χ0n) is 15.5. The highest BCUT2D eigenvalue weighted by Crippen LogP contribution is 2.15. The van der Waals surface area contributed by atoms with Gasteiger partial charge in [0, 0.05) is 30.9 Å². The topological polar surface area (TPSA) is 74.6 Å². The minimum absolute atomic E-state index is 0. The lowest BCUT2D eigenvalue weighted by Crippen LogP contribution is -2.38. The van der Waals surface area contributed by atoms with Crippen LogP contribution in [0.15, 0.2) is 58.1 Å². The highest BCUT2D eigenvalue weighted by atomic mass is 127. The van der Waals surface area contributed by atoms with Crippen LogP contribution < -0.4 is 10.6 Å². The van der Waals surface area contributed by atoms with Gasteiger partial charge in [0.15, 0.2) is 5.96 Å². The summed E-state index contributed by atoms with van der Waals surface area (Å²) < 4.78 is 10.8. The van der Waals surface area contributed by atoms with Gasteiger partial charge in [-0.25, -0.2) is 4.99 Å². The van der Waals surface area contributed by atoms with Crippen LogP contribution in [0.3, 0.4) is 0 Å². The third-order valence-corrected chi connectivity index (χ3v) is 3.92. The van der Waals surface area contributed by atoms with Crippen LogP contribution in [0, 0.1) is 0 Å². The van der Waals surface area contributed by atoms with Gasteiger partial charge in [-0.2, -0.15) is 0 Å². The Bertz CT molecular complexity index is 781. The van der Waals surface area contributed by atoms with Gasteiger partial charge in [0.05, 0.1) is 12.8 Å². The molecule has 6 nitrogen and oxygen atoms in total. The van der Waals surface area contributed by atoms with Crippen molar-refractivity contribution in [3.05, 3.63) is 60.2 Å². The summed E-state index contributed by atoms with van der Waals surface area (Å²) in [6, 6.07) is 14.2. The second kappa shape index (κ2) is 11.7. The van der Waals surface area contributed by atoms with Crippen LogP contribution in [-0.4, -0.2) is 30.6 Å². The molecular weight excluding hydrogens is 455 g/mol. The molecule has 0 amide bonds. The number of nitrogens with zero attached hydrogens (tertiary/aromatic N) is 1. The van der Waals surface area contributed by atoms with Crippen LogP contribution in [0.5, 0.6) is 0 Å². The zero-order chi connectivity index (χ0) is 18.0. The summed E-state index contributed by atoms with van der Waals surface area (Å²) in [5, 5.41) is 7.82. The summed E-state index contributed by atoms with van der Waals surface area (Å²) in [4.78, 5) is 8.04. The number of hydrogen-bond acceptors (Lipinski definition) is 3. The molecule has 0 spiro atoms. The fraction of sp³-hybridized carbons (Fsp3) is 0.350. The largest absolute Gasteiger partial charge is 0.467 e. The van der Waals surface area contributed by atoms with Crippen molar-refractivity contribution in [2.75, 3.05) is 19.7 Å². The van der Waals surface area contributed by atoms with E-state index in [9.17, 15) is 0 Å². The summed E-state index contributed by atoms with van der Waals surface area (Å²) in [5.74, 6) is 1.67. The first kappa shape index (κ1) is 21.3. The number of para-hydroxylation sites is 1. The number of halogens is 1. The Hall–Kier alpha value is -2.00. The van der Waals surface area contributed by atoms with E-state index in [1.807, 2.05) is 24.3 Å². The van der Waals surface area contributed by atoms with Crippen molar-refractivity contribution in [1.29, 1.82) is 0 Å². The van der Waals surface area contributed by atoms with E-state index in [1.54, 1.807) is 6.26 Å². The molecule has 0 radical (unpaired) electrons. The number of benzene rings is 1. The fourth-order valence-electron chi connectivity index (χ4n) is 2.67. The van der Waals surface area contributed by atoms with Gasteiger partial charge in [-0.3, -0.25) is 0 Å². The van der Waals surface area contributed by atoms with Crippen LogP contribution in [0.25, 0.3) is 10.9 Å². The molecule has 3 aromatic rings. The number of furan rings is 1. The van der Waals surface area contributed by atoms with Crippen LogP contribution >= 0.6 is 24.0 Å². The number of nitrogens with one attached hydrogen (secondary N) is 3. The molecule has 0 unspecified atom stereocenters. The van der Waals surface area contributed by atoms with Gasteiger partial charge in [0.2, 0.25) is 0 Å². The van der Waals surface area contributed by atoms with Crippen molar-refractivity contribution in [2.24, 2.45) is 4.99 Å². The molecule has 0 saturated carbocycles. The van der Waals surface area contributed by atoms with Crippen molar-refractivity contribution in [3.8, 4) is 0 Å². The van der Waals surface area contributed by atoms with Gasteiger partial charge >= 0.3 is 0 Å². The molecule has 0 aliphatic heterocycles. The molecule has 3 N–H and O–H groups in total. The fourth-order valence-corrected chi connectivity index (χ4v) is 2.67. The maximum absolute atomic E-state index is 5.58. The van der Waals surface area contributed by atoms with Crippen LogP contribution in [-0.2, 0) is 17.9 Å². The van der Waals surface area contributed by atoms with Gasteiger partial charge in [0.25, 0.3) is 0 Å². The number of rotatable bonds is 9. The first-order valence-corrected chi connectivity index (χ1v) is 9.04. The normalized spacial score (nSPS) is 11.4. The SMILES string of the molecule is CCNC(=NCc1cc2ccccc2[nH]1)NCCCOCc1ccco1.I. The molecule has 0 aliphatic rings. The monoisotopic (exact) mass is 482 g/mol. The van der Waals surface area contributed by atoms with Crippen molar-refractivity contribution in [2.45, 2.75) is 26.5 Å². The average Bonchev–Trinajstić information content (AvgIpc) is 3.31. The Morgan fingerprint density at radius 3 is 2.85 bits per heavy atom. The van der Waals surface area contributed by atoms with E-state index in [0.29, 0.717) is 19.8 Å². The molecule has 2 aromatic heterocycles. The molecule has 3 rings (SSSR count). The maximum Gasteiger partial charge on any atom is 0.191 e. The highest BCUT2D eigenvalue weighted by Gasteiger charge is 2.01. The van der Waals surface area contributed by atoms with Gasteiger partial charge in [-0.15, -0.1) is 24.0 Å². The molecule has 2 heterocycles. The van der Waals surface area contributed by atoms with Crippen LogP contribution in [0.1, 0.15) is 24.8 Å². The van der Waals surface area contributed by atoms with Crippen molar-refractivity contribution >= 4 is 40.8 Å². The number of fused-ring (bicyclic) bond motifs is 1. The molecule has 0 saturated heterocycles. The maximum atomic E-state index is 5.58. The minimum Gasteiger partial charge on any atom is -0.467 e. The second-order valence-corrected chi connectivity index (χ2v) is 5.99. The number of guanidine groups is 1. The van der Waals surface area contributed by atoms with E-state index in [1.165, 1.54) is 5.39 Å². The smallest absolute Gasteiger partial charge is 0.191 e. The Labute approximate surface area is 176 Å². The van der Waals surface area contributed by atoms with Crippen molar-refractivity contribution in [3.63, 3.8) is 0 Å². The summed E-state index contributed by atoms with van der Waals surface area (Å²) >= 11 is 0. The second-order valence-electron chi connectivity index (χ2n) is 5.99. The molecule has 27 heavy (non-hydrogen) atoms. The Kier molecular flexibility index (Phi) is 9.20. The van der Waals surface area contributed by atoms with Crippen LogP contribution in [0.4, 0.5) is 0 Å². The number of H-pyrrole nitrogens is 1. The molecule has 1 aromatic carbocycles. The summed E-state index contributed by atoms with van der Waals surface area (Å²) in [7, 11) is 0. The molecule has 7 heteroatoms. The lowest BCUT2D eigenvalue weighted by molar-refractivity contribution is 0.105. The number of aromatic nitrogens is 1. The van der Waals surface area contributed by atoms with E-state index >= 15 is 0 Å². The third kappa shape index (κ3) is 6.91. The highest BCUT2D eigenvalue weighted by molar-refractivity contribution is 14.0. The predicted octanol–water partition coefficient (Wildman–Crippen LogP) is 4.04. The number of ether oxygens (including phenoxy) is 1. The molecule has 0 fully saturated rings. The lowest BCUT2D eigenvalue weighted by atomic mass is 10.2. The quantitative estimate of drug-likeness (QED) is 0.186. The van der Waals surface area contributed by atoms with E-state index in [0.717, 1.165) is 42.4 Å². The first-order chi connectivity index (χ1) is 12.8. The number of aliphatic imine (C=N–C) groups is 1. The zero-order valence-corrected chi connectivity index (χ0v) is 17.9. The van der Waals surface area contributed by atoms with Gasteiger partial charge < -0.3 is 24.8 Å².